The molecule has 244 valence electrons. The molecule has 7 nitrogen and oxygen atoms in total. The summed E-state index contributed by atoms with van der Waals surface area (Å²) in [7, 11) is 0. The van der Waals surface area contributed by atoms with Gasteiger partial charge >= 0.3 is 0 Å². The fourth-order valence-corrected chi connectivity index (χ4v) is 6.23. The van der Waals surface area contributed by atoms with Crippen molar-refractivity contribution in [1.82, 2.24) is 24.9 Å². The summed E-state index contributed by atoms with van der Waals surface area (Å²) in [5.74, 6) is 1.58. The molecule has 0 amide bonds. The lowest BCUT2D eigenvalue weighted by atomic mass is 9.84. The van der Waals surface area contributed by atoms with Crippen LogP contribution in [0.15, 0.2) is 170 Å². The van der Waals surface area contributed by atoms with Crippen molar-refractivity contribution in [2.45, 2.75) is 6.42 Å². The van der Waals surface area contributed by atoms with Crippen LogP contribution < -0.4 is 5.32 Å². The summed E-state index contributed by atoms with van der Waals surface area (Å²) in [6.07, 6.45) is 10.5. The van der Waals surface area contributed by atoms with Crippen LogP contribution in [0.3, 0.4) is 0 Å². The molecule has 51 heavy (non-hydrogen) atoms. The van der Waals surface area contributed by atoms with Crippen molar-refractivity contribution in [2.24, 2.45) is 5.92 Å². The predicted octanol–water partition coefficient (Wildman–Crippen LogP) is 10.1. The molecule has 1 unspecified atom stereocenters. The molecule has 4 aromatic carbocycles. The molecule has 0 saturated heterocycles. The van der Waals surface area contributed by atoms with Crippen molar-refractivity contribution in [1.29, 1.82) is 5.41 Å². The first-order valence-corrected chi connectivity index (χ1v) is 16.9. The molecule has 7 heteroatoms. The molecule has 0 spiro atoms. The number of para-hydroxylation sites is 2. The largest absolute Gasteiger partial charge is 0.355 e. The van der Waals surface area contributed by atoms with Crippen molar-refractivity contribution < 1.29 is 0 Å². The normalized spacial score (nSPS) is 13.7. The number of nitrogens with zero attached hydrogens (tertiary/aromatic N) is 5. The molecule has 7 aromatic rings. The Labute approximate surface area is 296 Å². The van der Waals surface area contributed by atoms with Gasteiger partial charge in [-0.25, -0.2) is 19.9 Å². The van der Waals surface area contributed by atoms with Gasteiger partial charge in [-0.2, -0.15) is 0 Å². The Hall–Kier alpha value is -6.86. The van der Waals surface area contributed by atoms with Gasteiger partial charge in [-0.3, -0.25) is 4.98 Å². The van der Waals surface area contributed by atoms with Crippen LogP contribution in [-0.4, -0.2) is 30.6 Å². The molecule has 0 radical (unpaired) electrons. The van der Waals surface area contributed by atoms with Crippen molar-refractivity contribution in [3.8, 4) is 45.6 Å². The number of nitrogens with one attached hydrogen (secondary N) is 2. The summed E-state index contributed by atoms with van der Waals surface area (Å²) in [5.41, 5.74) is 9.89. The third-order valence-corrected chi connectivity index (χ3v) is 8.83. The monoisotopic (exact) mass is 659 g/mol. The van der Waals surface area contributed by atoms with E-state index in [1.807, 2.05) is 115 Å². The van der Waals surface area contributed by atoms with Gasteiger partial charge in [-0.15, -0.1) is 0 Å². The maximum Gasteiger partial charge on any atom is 0.182 e. The van der Waals surface area contributed by atoms with Gasteiger partial charge in [0.2, 0.25) is 0 Å². The van der Waals surface area contributed by atoms with E-state index in [9.17, 15) is 5.41 Å². The van der Waals surface area contributed by atoms with Gasteiger partial charge in [0.15, 0.2) is 17.5 Å². The summed E-state index contributed by atoms with van der Waals surface area (Å²) < 4.78 is 0. The van der Waals surface area contributed by atoms with Crippen molar-refractivity contribution in [3.05, 3.63) is 181 Å². The van der Waals surface area contributed by atoms with Crippen LogP contribution in [0.1, 0.15) is 17.5 Å². The zero-order valence-corrected chi connectivity index (χ0v) is 27.7. The Morgan fingerprint density at radius 3 is 2.00 bits per heavy atom. The van der Waals surface area contributed by atoms with E-state index in [1.165, 1.54) is 5.57 Å². The highest BCUT2D eigenvalue weighted by Gasteiger charge is 2.21. The van der Waals surface area contributed by atoms with E-state index in [4.69, 9.17) is 19.9 Å². The van der Waals surface area contributed by atoms with Gasteiger partial charge in [-0.1, -0.05) is 109 Å². The van der Waals surface area contributed by atoms with E-state index in [2.05, 4.69) is 52.8 Å². The smallest absolute Gasteiger partial charge is 0.182 e. The zero-order valence-electron chi connectivity index (χ0n) is 27.7. The molecular weight excluding hydrogens is 627 g/mol. The van der Waals surface area contributed by atoms with E-state index in [0.717, 1.165) is 51.3 Å². The Bertz CT molecular complexity index is 2330. The first kappa shape index (κ1) is 31.4. The van der Waals surface area contributed by atoms with Crippen LogP contribution in [0.4, 0.5) is 11.4 Å². The predicted molar refractivity (Wildman–Crippen MR) is 205 cm³/mol. The summed E-state index contributed by atoms with van der Waals surface area (Å²) in [6, 6.07) is 46.2. The Kier molecular flexibility index (Phi) is 8.82. The highest BCUT2D eigenvalue weighted by Crippen LogP contribution is 2.34. The Morgan fingerprint density at radius 1 is 0.569 bits per heavy atom. The summed E-state index contributed by atoms with van der Waals surface area (Å²) >= 11 is 0. The first-order valence-electron chi connectivity index (χ1n) is 16.9. The molecule has 1 atom stereocenters. The quantitative estimate of drug-likeness (QED) is 0.150. The zero-order chi connectivity index (χ0) is 34.4. The van der Waals surface area contributed by atoms with Gasteiger partial charge in [0.25, 0.3) is 0 Å². The van der Waals surface area contributed by atoms with Gasteiger partial charge in [-0.05, 0) is 66.1 Å². The molecule has 0 aliphatic heterocycles. The van der Waals surface area contributed by atoms with E-state index in [-0.39, 0.29) is 5.92 Å². The van der Waals surface area contributed by atoms with Crippen molar-refractivity contribution in [3.63, 3.8) is 0 Å². The lowest BCUT2D eigenvalue weighted by Crippen LogP contribution is -2.16. The topological polar surface area (TPSA) is 100 Å². The third kappa shape index (κ3) is 7.00. The molecule has 0 bridgehead atoms. The first-order chi connectivity index (χ1) is 25.2. The highest BCUT2D eigenvalue weighted by molar-refractivity contribution is 6.06. The number of aromatic nitrogens is 5. The minimum absolute atomic E-state index is 0.0638. The SMILES string of the molecule is N=C(c1ccccc1Nc1ccccc1)C1C=CC=C(c2cccc(-c3cccc(-c4nc(-c5ccccc5)nc(-c5ccncc5)n4)n3)c2)C1. The summed E-state index contributed by atoms with van der Waals surface area (Å²) in [4.78, 5) is 23.7. The summed E-state index contributed by atoms with van der Waals surface area (Å²) in [6.45, 7) is 0. The van der Waals surface area contributed by atoms with Crippen LogP contribution in [-0.2, 0) is 0 Å². The minimum Gasteiger partial charge on any atom is -0.355 e. The number of benzene rings is 4. The van der Waals surface area contributed by atoms with Crippen LogP contribution >= 0.6 is 0 Å². The highest BCUT2D eigenvalue weighted by atomic mass is 15.0. The van der Waals surface area contributed by atoms with E-state index < -0.39 is 0 Å². The van der Waals surface area contributed by atoms with Crippen LogP contribution in [0.5, 0.6) is 0 Å². The lowest BCUT2D eigenvalue weighted by Gasteiger charge is -2.22. The number of rotatable bonds is 9. The Balaban J connectivity index is 1.07. The maximum atomic E-state index is 9.26. The number of allylic oxidation sites excluding steroid dienone is 4. The van der Waals surface area contributed by atoms with Crippen LogP contribution in [0.2, 0.25) is 0 Å². The van der Waals surface area contributed by atoms with E-state index >= 15 is 0 Å². The average molecular weight is 660 g/mol. The van der Waals surface area contributed by atoms with Gasteiger partial charge in [0.05, 0.1) is 5.69 Å². The molecule has 0 fully saturated rings. The minimum atomic E-state index is -0.0638. The number of hydrogen-bond acceptors (Lipinski definition) is 7. The number of pyridine rings is 2. The third-order valence-electron chi connectivity index (χ3n) is 8.83. The molecular formula is C44H33N7. The van der Waals surface area contributed by atoms with Crippen molar-refractivity contribution >= 4 is 22.7 Å². The van der Waals surface area contributed by atoms with Crippen LogP contribution in [0, 0.1) is 11.3 Å². The average Bonchev–Trinajstić information content (AvgIpc) is 3.22. The van der Waals surface area contributed by atoms with E-state index in [1.54, 1.807) is 12.4 Å². The van der Waals surface area contributed by atoms with Gasteiger partial charge < -0.3 is 10.7 Å². The number of anilines is 2. The molecule has 0 saturated carbocycles. The lowest BCUT2D eigenvalue weighted by molar-refractivity contribution is 0.877. The molecule has 1 aliphatic carbocycles. The van der Waals surface area contributed by atoms with Gasteiger partial charge in [0.1, 0.15) is 5.69 Å². The van der Waals surface area contributed by atoms with Gasteiger partial charge in [0, 0.05) is 57.7 Å². The number of hydrogen-bond donors (Lipinski definition) is 2. The standard InChI is InChI=1S/C44H33N7/c45-41(37-20-7-8-21-39(37)47-36-18-5-2-6-19-36)35-17-10-15-33(29-35)32-14-9-16-34(28-32)38-22-11-23-40(48-38)44-50-42(30-12-3-1-4-13-30)49-43(51-44)31-24-26-46-27-25-31/h1-28,35,45,47H,29H2. The van der Waals surface area contributed by atoms with Crippen molar-refractivity contribution in [2.75, 3.05) is 5.32 Å². The van der Waals surface area contributed by atoms with Crippen LogP contribution in [0.25, 0.3) is 51.1 Å². The Morgan fingerprint density at radius 2 is 1.20 bits per heavy atom. The molecule has 3 aromatic heterocycles. The van der Waals surface area contributed by atoms with E-state index in [0.29, 0.717) is 28.9 Å². The molecule has 3 heterocycles. The second-order valence-corrected chi connectivity index (χ2v) is 12.2. The molecule has 1 aliphatic rings. The molecule has 2 N–H and O–H groups in total. The fraction of sp³-hybridized carbons (Fsp3) is 0.0455. The summed E-state index contributed by atoms with van der Waals surface area (Å²) in [5, 5.41) is 12.8. The second-order valence-electron chi connectivity index (χ2n) is 12.2. The fourth-order valence-electron chi connectivity index (χ4n) is 6.23. The molecule has 8 rings (SSSR count). The second kappa shape index (κ2) is 14.3. The maximum absolute atomic E-state index is 9.26.